The predicted octanol–water partition coefficient (Wildman–Crippen LogP) is 5.15. The monoisotopic (exact) mass is 472 g/mol. The summed E-state index contributed by atoms with van der Waals surface area (Å²) in [6, 6.07) is 17.5. The van der Waals surface area contributed by atoms with Gasteiger partial charge in [0.25, 0.3) is 0 Å². The van der Waals surface area contributed by atoms with Crippen molar-refractivity contribution in [1.29, 1.82) is 0 Å². The molecule has 1 saturated heterocycles. The lowest BCUT2D eigenvalue weighted by molar-refractivity contribution is -0.208. The van der Waals surface area contributed by atoms with Gasteiger partial charge in [-0.2, -0.15) is 13.2 Å². The number of nitrogens with zero attached hydrogens (tertiary/aromatic N) is 1. The maximum atomic E-state index is 12.9. The lowest BCUT2D eigenvalue weighted by Crippen LogP contribution is -2.57. The van der Waals surface area contributed by atoms with Gasteiger partial charge in [-0.3, -0.25) is 9.69 Å². The topological polar surface area (TPSA) is 41.6 Å². The number of benzene rings is 2. The van der Waals surface area contributed by atoms with Crippen molar-refractivity contribution in [3.63, 3.8) is 0 Å². The van der Waals surface area contributed by atoms with Crippen LogP contribution in [0.2, 0.25) is 0 Å². The van der Waals surface area contributed by atoms with Gasteiger partial charge in [0.05, 0.1) is 11.6 Å². The molecule has 0 bridgehead atoms. The van der Waals surface area contributed by atoms with Gasteiger partial charge in [0, 0.05) is 24.4 Å². The second-order valence-corrected chi connectivity index (χ2v) is 9.33. The quantitative estimate of drug-likeness (QED) is 0.559. The fourth-order valence-corrected chi connectivity index (χ4v) is 5.46. The molecule has 3 unspecified atom stereocenters. The van der Waals surface area contributed by atoms with E-state index in [9.17, 15) is 18.0 Å². The number of carbonyl (C=O) groups excluding carboxylic acids is 1. The van der Waals surface area contributed by atoms with E-state index < -0.39 is 17.8 Å². The Balaban J connectivity index is 1.21. The fraction of sp³-hybridized carbons (Fsp3) is 0.320. The fourth-order valence-electron chi connectivity index (χ4n) is 4.56. The van der Waals surface area contributed by atoms with Crippen molar-refractivity contribution in [1.82, 2.24) is 10.2 Å². The molecule has 172 valence electrons. The number of hydrogen-bond acceptors (Lipinski definition) is 4. The van der Waals surface area contributed by atoms with Crippen LogP contribution in [0.1, 0.15) is 39.6 Å². The van der Waals surface area contributed by atoms with Crippen molar-refractivity contribution >= 4 is 17.2 Å². The van der Waals surface area contributed by atoms with Gasteiger partial charge in [0.2, 0.25) is 5.91 Å². The Labute approximate surface area is 194 Å². The first kappa shape index (κ1) is 22.1. The molecule has 3 aromatic rings. The lowest BCUT2D eigenvalue weighted by Gasteiger charge is -2.47. The van der Waals surface area contributed by atoms with Gasteiger partial charge in [-0.15, -0.1) is 11.3 Å². The first-order valence-electron chi connectivity index (χ1n) is 10.9. The molecule has 1 N–H and O–H groups in total. The summed E-state index contributed by atoms with van der Waals surface area (Å²) in [6.45, 7) is 0.873. The van der Waals surface area contributed by atoms with Gasteiger partial charge >= 0.3 is 6.18 Å². The number of amides is 1. The third-order valence-electron chi connectivity index (χ3n) is 6.24. The van der Waals surface area contributed by atoms with Gasteiger partial charge in [0.15, 0.2) is 0 Å². The van der Waals surface area contributed by atoms with Crippen molar-refractivity contribution in [3.05, 3.63) is 93.2 Å². The lowest BCUT2D eigenvalue weighted by atomic mass is 9.91. The summed E-state index contributed by atoms with van der Waals surface area (Å²) in [5.74, 6) is -0.298. The molecular formula is C25H23F3N2O2S. The highest BCUT2D eigenvalue weighted by Gasteiger charge is 2.44. The average Bonchev–Trinajstić information content (AvgIpc) is 3.25. The standard InChI is InChI=1S/C25H23F3N2O2S/c26-25(27,28)18-8-4-5-16(13-18)15-29-24(31)20-14-22(32-20)30-11-9-21-19(10-12-33-21)23(30)17-6-2-1-3-7-17/h1-8,10,12-13,20,22-23H,9,11,14-15H2,(H,29,31). The van der Waals surface area contributed by atoms with E-state index in [-0.39, 0.29) is 24.7 Å². The van der Waals surface area contributed by atoms with Crippen LogP contribution in [0.4, 0.5) is 13.2 Å². The van der Waals surface area contributed by atoms with Gasteiger partial charge < -0.3 is 10.1 Å². The maximum absolute atomic E-state index is 12.9. The van der Waals surface area contributed by atoms with Crippen LogP contribution in [-0.4, -0.2) is 29.7 Å². The van der Waals surface area contributed by atoms with Crippen LogP contribution in [0.25, 0.3) is 0 Å². The zero-order chi connectivity index (χ0) is 23.0. The molecule has 0 radical (unpaired) electrons. The molecule has 2 aliphatic rings. The number of carbonyl (C=O) groups is 1. The van der Waals surface area contributed by atoms with E-state index in [2.05, 4.69) is 33.8 Å². The number of nitrogens with one attached hydrogen (secondary N) is 1. The molecule has 33 heavy (non-hydrogen) atoms. The molecule has 0 aliphatic carbocycles. The molecule has 3 heterocycles. The molecule has 2 aromatic carbocycles. The number of thiophene rings is 1. The van der Waals surface area contributed by atoms with Gasteiger partial charge in [-0.1, -0.05) is 42.5 Å². The van der Waals surface area contributed by atoms with E-state index in [1.165, 1.54) is 22.1 Å². The summed E-state index contributed by atoms with van der Waals surface area (Å²) >= 11 is 1.77. The molecule has 0 saturated carbocycles. The van der Waals surface area contributed by atoms with E-state index in [1.54, 1.807) is 17.4 Å². The number of fused-ring (bicyclic) bond motifs is 1. The van der Waals surface area contributed by atoms with Crippen molar-refractivity contribution in [3.8, 4) is 0 Å². The molecule has 3 atom stereocenters. The van der Waals surface area contributed by atoms with Gasteiger partial charge in [-0.05, 0) is 46.7 Å². The minimum Gasteiger partial charge on any atom is -0.350 e. The third-order valence-corrected chi connectivity index (χ3v) is 7.24. The highest BCUT2D eigenvalue weighted by molar-refractivity contribution is 7.10. The summed E-state index contributed by atoms with van der Waals surface area (Å²) < 4.78 is 44.7. The smallest absolute Gasteiger partial charge is 0.350 e. The molecule has 1 fully saturated rings. The van der Waals surface area contributed by atoms with Crippen LogP contribution < -0.4 is 5.32 Å². The number of ether oxygens (including phenoxy) is 1. The van der Waals surface area contributed by atoms with Crippen LogP contribution in [0.15, 0.2) is 66.0 Å². The number of alkyl halides is 3. The van der Waals surface area contributed by atoms with Crippen molar-refractivity contribution in [2.75, 3.05) is 6.54 Å². The SMILES string of the molecule is O=C(NCc1cccc(C(F)(F)F)c1)C1CC(N2CCc3sccc3C2c2ccccc2)O1. The average molecular weight is 473 g/mol. The first-order chi connectivity index (χ1) is 15.9. The molecule has 1 amide bonds. The molecule has 0 spiro atoms. The molecule has 2 aliphatic heterocycles. The molecule has 1 aromatic heterocycles. The third kappa shape index (κ3) is 4.55. The number of halogens is 3. The highest BCUT2D eigenvalue weighted by atomic mass is 32.1. The van der Waals surface area contributed by atoms with E-state index in [4.69, 9.17) is 4.74 Å². The maximum Gasteiger partial charge on any atom is 0.416 e. The summed E-state index contributed by atoms with van der Waals surface area (Å²) in [4.78, 5) is 16.2. The largest absolute Gasteiger partial charge is 0.416 e. The summed E-state index contributed by atoms with van der Waals surface area (Å²) in [5.41, 5.74) is 2.16. The summed E-state index contributed by atoms with van der Waals surface area (Å²) in [5, 5.41) is 4.83. The zero-order valence-corrected chi connectivity index (χ0v) is 18.5. The molecule has 5 rings (SSSR count). The Bertz CT molecular complexity index is 1130. The van der Waals surface area contributed by atoms with E-state index >= 15 is 0 Å². The summed E-state index contributed by atoms with van der Waals surface area (Å²) in [7, 11) is 0. The predicted molar refractivity (Wildman–Crippen MR) is 120 cm³/mol. The van der Waals surface area contributed by atoms with Crippen LogP contribution in [-0.2, 0) is 28.7 Å². The minimum absolute atomic E-state index is 0.0297. The van der Waals surface area contributed by atoms with Crippen LogP contribution in [0.5, 0.6) is 0 Å². The second kappa shape index (κ2) is 8.93. The van der Waals surface area contributed by atoms with Crippen molar-refractivity contribution in [2.24, 2.45) is 0 Å². The van der Waals surface area contributed by atoms with Crippen LogP contribution in [0.3, 0.4) is 0 Å². The zero-order valence-electron chi connectivity index (χ0n) is 17.7. The Morgan fingerprint density at radius 2 is 1.91 bits per heavy atom. The van der Waals surface area contributed by atoms with Crippen LogP contribution in [0, 0.1) is 0 Å². The first-order valence-corrected chi connectivity index (χ1v) is 11.7. The molecule has 8 heteroatoms. The second-order valence-electron chi connectivity index (χ2n) is 8.33. The Morgan fingerprint density at radius 1 is 1.12 bits per heavy atom. The van der Waals surface area contributed by atoms with Crippen LogP contribution >= 0.6 is 11.3 Å². The van der Waals surface area contributed by atoms with Gasteiger partial charge in [-0.25, -0.2) is 0 Å². The Morgan fingerprint density at radius 3 is 2.67 bits per heavy atom. The molecule has 4 nitrogen and oxygen atoms in total. The minimum atomic E-state index is -4.41. The number of rotatable bonds is 5. The van der Waals surface area contributed by atoms with E-state index in [0.29, 0.717) is 12.0 Å². The highest BCUT2D eigenvalue weighted by Crippen LogP contribution is 2.41. The number of hydrogen-bond donors (Lipinski definition) is 1. The van der Waals surface area contributed by atoms with Crippen molar-refractivity contribution in [2.45, 2.75) is 43.9 Å². The Hall–Kier alpha value is -2.68. The van der Waals surface area contributed by atoms with E-state index in [1.807, 2.05) is 18.2 Å². The normalized spacial score (nSPS) is 22.9. The Kier molecular flexibility index (Phi) is 5.99. The summed E-state index contributed by atoms with van der Waals surface area (Å²) in [6.07, 6.45) is -3.68. The molecular weight excluding hydrogens is 449 g/mol. The van der Waals surface area contributed by atoms with E-state index in [0.717, 1.165) is 25.1 Å². The van der Waals surface area contributed by atoms with Crippen molar-refractivity contribution < 1.29 is 22.7 Å². The van der Waals surface area contributed by atoms with Gasteiger partial charge in [0.1, 0.15) is 12.3 Å².